The van der Waals surface area contributed by atoms with Gasteiger partial charge in [-0.15, -0.1) is 0 Å². The van der Waals surface area contributed by atoms with Crippen LogP contribution in [0.2, 0.25) is 0 Å². The molecule has 8 heteroatoms. The van der Waals surface area contributed by atoms with E-state index in [9.17, 15) is 14.4 Å². The van der Waals surface area contributed by atoms with Gasteiger partial charge in [0.2, 0.25) is 18.6 Å². The van der Waals surface area contributed by atoms with Crippen LogP contribution in [-0.2, 0) is 22.7 Å². The van der Waals surface area contributed by atoms with Crippen molar-refractivity contribution in [2.24, 2.45) is 10.9 Å². The zero-order valence-electron chi connectivity index (χ0n) is 15.8. The predicted octanol–water partition coefficient (Wildman–Crippen LogP) is 2.27. The molecule has 2 heterocycles. The summed E-state index contributed by atoms with van der Waals surface area (Å²) in [5, 5.41) is 2.25. The average molecular weight is 393 g/mol. The molecule has 0 spiro atoms. The molecule has 0 bridgehead atoms. The second kappa shape index (κ2) is 7.75. The van der Waals surface area contributed by atoms with Gasteiger partial charge >= 0.3 is 6.03 Å². The van der Waals surface area contributed by atoms with Crippen LogP contribution in [0.4, 0.5) is 4.79 Å². The van der Waals surface area contributed by atoms with Crippen LogP contribution in [0.1, 0.15) is 18.1 Å². The molecule has 2 aliphatic rings. The Morgan fingerprint density at radius 2 is 1.83 bits per heavy atom. The van der Waals surface area contributed by atoms with E-state index >= 15 is 0 Å². The highest BCUT2D eigenvalue weighted by Crippen LogP contribution is 2.32. The number of nitrogens with zero attached hydrogens (tertiary/aromatic N) is 2. The maximum absolute atomic E-state index is 12.9. The summed E-state index contributed by atoms with van der Waals surface area (Å²) in [6, 6.07) is 13.8. The second-order valence-corrected chi connectivity index (χ2v) is 6.78. The lowest BCUT2D eigenvalue weighted by atomic mass is 9.99. The fourth-order valence-corrected chi connectivity index (χ4v) is 3.24. The minimum absolute atomic E-state index is 0.0880. The number of barbiturate groups is 1. The van der Waals surface area contributed by atoms with Crippen LogP contribution in [-0.4, -0.2) is 35.3 Å². The van der Waals surface area contributed by atoms with E-state index < -0.39 is 23.8 Å². The first-order chi connectivity index (χ1) is 14.0. The van der Waals surface area contributed by atoms with Gasteiger partial charge in [0.15, 0.2) is 17.4 Å². The van der Waals surface area contributed by atoms with E-state index in [1.807, 2.05) is 42.5 Å². The summed E-state index contributed by atoms with van der Waals surface area (Å²) in [4.78, 5) is 42.8. The number of fused-ring (bicyclic) bond motifs is 1. The van der Waals surface area contributed by atoms with E-state index in [1.54, 1.807) is 13.0 Å². The molecule has 2 aromatic carbocycles. The highest BCUT2D eigenvalue weighted by molar-refractivity contribution is 6.27. The van der Waals surface area contributed by atoms with E-state index in [0.717, 1.165) is 16.0 Å². The number of nitrogens with one attached hydrogen (secondary N) is 1. The fraction of sp³-hybridized carbons (Fsp3) is 0.238. The number of aliphatic imine (C=N–C) groups is 1. The van der Waals surface area contributed by atoms with Gasteiger partial charge in [-0.05, 0) is 30.2 Å². The smallest absolute Gasteiger partial charge is 0.331 e. The Morgan fingerprint density at radius 1 is 1.07 bits per heavy atom. The molecule has 0 radical (unpaired) electrons. The Labute approximate surface area is 167 Å². The Hall–Kier alpha value is -3.68. The molecular weight excluding hydrogens is 374 g/mol. The maximum Gasteiger partial charge on any atom is 0.331 e. The van der Waals surface area contributed by atoms with Crippen LogP contribution in [0, 0.1) is 5.92 Å². The van der Waals surface area contributed by atoms with Gasteiger partial charge in [-0.1, -0.05) is 36.4 Å². The summed E-state index contributed by atoms with van der Waals surface area (Å²) in [7, 11) is 0. The van der Waals surface area contributed by atoms with Crippen molar-refractivity contribution in [2.75, 3.05) is 6.79 Å². The van der Waals surface area contributed by atoms with Crippen LogP contribution in [0.5, 0.6) is 11.5 Å². The average Bonchev–Trinajstić information content (AvgIpc) is 3.18. The first kappa shape index (κ1) is 18.7. The number of carbonyl (C=O) groups is 3. The summed E-state index contributed by atoms with van der Waals surface area (Å²) in [6.45, 7) is 2.16. The third kappa shape index (κ3) is 3.82. The van der Waals surface area contributed by atoms with Gasteiger partial charge in [0.25, 0.3) is 0 Å². The van der Waals surface area contributed by atoms with Crippen LogP contribution in [0.3, 0.4) is 0 Å². The van der Waals surface area contributed by atoms with Crippen molar-refractivity contribution in [1.29, 1.82) is 0 Å². The normalized spacial score (nSPS) is 18.8. The van der Waals surface area contributed by atoms with E-state index in [0.29, 0.717) is 17.2 Å². The number of hydrogen-bond donors (Lipinski definition) is 1. The van der Waals surface area contributed by atoms with Crippen molar-refractivity contribution in [3.8, 4) is 11.5 Å². The van der Waals surface area contributed by atoms with Crippen LogP contribution in [0.25, 0.3) is 0 Å². The third-order valence-electron chi connectivity index (χ3n) is 4.80. The number of hydrogen-bond acceptors (Lipinski definition) is 6. The van der Waals surface area contributed by atoms with Crippen molar-refractivity contribution in [3.05, 3.63) is 59.7 Å². The first-order valence-corrected chi connectivity index (χ1v) is 9.12. The molecule has 2 aromatic rings. The SMILES string of the molecule is CC(=NCc1ccc2c(c1)OCO2)C1C(=O)NC(=O)N(Cc2ccccc2)C1=O. The number of amides is 4. The Morgan fingerprint density at radius 3 is 2.62 bits per heavy atom. The Balaban J connectivity index is 1.50. The summed E-state index contributed by atoms with van der Waals surface area (Å²) < 4.78 is 10.6. The zero-order chi connectivity index (χ0) is 20.4. The van der Waals surface area contributed by atoms with Gasteiger partial charge < -0.3 is 9.47 Å². The molecule has 29 heavy (non-hydrogen) atoms. The molecular formula is C21H19N3O5. The number of carbonyl (C=O) groups excluding carboxylic acids is 3. The van der Waals surface area contributed by atoms with Crippen molar-refractivity contribution in [2.45, 2.75) is 20.0 Å². The van der Waals surface area contributed by atoms with Gasteiger partial charge in [0, 0.05) is 5.71 Å². The number of imide groups is 2. The molecule has 1 unspecified atom stereocenters. The zero-order valence-corrected chi connectivity index (χ0v) is 15.8. The quantitative estimate of drug-likeness (QED) is 0.621. The summed E-state index contributed by atoms with van der Waals surface area (Å²) in [6.07, 6.45) is 0. The molecule has 1 N–H and O–H groups in total. The monoisotopic (exact) mass is 393 g/mol. The highest BCUT2D eigenvalue weighted by Gasteiger charge is 2.41. The van der Waals surface area contributed by atoms with Gasteiger partial charge in [-0.2, -0.15) is 0 Å². The van der Waals surface area contributed by atoms with Gasteiger partial charge in [-0.3, -0.25) is 24.8 Å². The fourth-order valence-electron chi connectivity index (χ4n) is 3.24. The van der Waals surface area contributed by atoms with Crippen LogP contribution < -0.4 is 14.8 Å². The second-order valence-electron chi connectivity index (χ2n) is 6.78. The molecule has 2 aliphatic heterocycles. The first-order valence-electron chi connectivity index (χ1n) is 9.12. The summed E-state index contributed by atoms with van der Waals surface area (Å²) >= 11 is 0. The van der Waals surface area contributed by atoms with Gasteiger partial charge in [-0.25, -0.2) is 4.79 Å². The van der Waals surface area contributed by atoms with E-state index in [1.165, 1.54) is 0 Å². The molecule has 0 aromatic heterocycles. The molecule has 8 nitrogen and oxygen atoms in total. The highest BCUT2D eigenvalue weighted by atomic mass is 16.7. The Kier molecular flexibility index (Phi) is 4.99. The topological polar surface area (TPSA) is 97.3 Å². The molecule has 1 saturated heterocycles. The molecule has 1 atom stereocenters. The molecule has 0 aliphatic carbocycles. The van der Waals surface area contributed by atoms with Crippen LogP contribution >= 0.6 is 0 Å². The third-order valence-corrected chi connectivity index (χ3v) is 4.80. The minimum atomic E-state index is -1.13. The van der Waals surface area contributed by atoms with Gasteiger partial charge in [0.1, 0.15) is 0 Å². The largest absolute Gasteiger partial charge is 0.454 e. The van der Waals surface area contributed by atoms with Crippen molar-refractivity contribution in [3.63, 3.8) is 0 Å². The molecule has 148 valence electrons. The minimum Gasteiger partial charge on any atom is -0.454 e. The van der Waals surface area contributed by atoms with Gasteiger partial charge in [0.05, 0.1) is 13.1 Å². The molecule has 0 saturated carbocycles. The lowest BCUT2D eigenvalue weighted by Crippen LogP contribution is -2.59. The van der Waals surface area contributed by atoms with Crippen molar-refractivity contribution < 1.29 is 23.9 Å². The predicted molar refractivity (Wildman–Crippen MR) is 103 cm³/mol. The lowest BCUT2D eigenvalue weighted by Gasteiger charge is -2.30. The maximum atomic E-state index is 12.9. The summed E-state index contributed by atoms with van der Waals surface area (Å²) in [5.74, 6) is -1.05. The number of rotatable bonds is 5. The van der Waals surface area contributed by atoms with Crippen molar-refractivity contribution in [1.82, 2.24) is 10.2 Å². The number of urea groups is 1. The lowest BCUT2D eigenvalue weighted by molar-refractivity contribution is -0.139. The standard InChI is InChI=1S/C21H19N3O5/c1-13(22-10-15-7-8-16-17(9-15)29-12-28-16)18-19(25)23-21(27)24(20(18)26)11-14-5-3-2-4-6-14/h2-9,18H,10-12H2,1H3,(H,23,25,27). The van der Waals surface area contributed by atoms with Crippen LogP contribution in [0.15, 0.2) is 53.5 Å². The van der Waals surface area contributed by atoms with E-state index in [4.69, 9.17) is 9.47 Å². The van der Waals surface area contributed by atoms with Crippen molar-refractivity contribution >= 4 is 23.6 Å². The molecule has 4 rings (SSSR count). The Bertz CT molecular complexity index is 1000. The molecule has 4 amide bonds. The van der Waals surface area contributed by atoms with E-state index in [2.05, 4.69) is 10.3 Å². The summed E-state index contributed by atoms with van der Waals surface area (Å²) in [5.41, 5.74) is 1.99. The number of ether oxygens (including phenoxy) is 2. The number of benzene rings is 2. The molecule has 1 fully saturated rings. The van der Waals surface area contributed by atoms with E-state index in [-0.39, 0.29) is 19.9 Å².